The molecule has 2 N–H and O–H groups in total. The SMILES string of the molecule is NC(=O)C1CCN(c2nc3c(s2)Cc2ccccc2-3)CC1C(=O)c1ccccc1C(F)(F)F. The van der Waals surface area contributed by atoms with E-state index in [0.29, 0.717) is 11.7 Å². The van der Waals surface area contributed by atoms with E-state index in [1.54, 1.807) is 0 Å². The van der Waals surface area contributed by atoms with Crippen molar-refractivity contribution in [3.8, 4) is 11.3 Å². The summed E-state index contributed by atoms with van der Waals surface area (Å²) in [5, 5.41) is 0.708. The number of hydrogen-bond acceptors (Lipinski definition) is 5. The van der Waals surface area contributed by atoms with Crippen molar-refractivity contribution in [1.82, 2.24) is 4.98 Å². The smallest absolute Gasteiger partial charge is 0.369 e. The summed E-state index contributed by atoms with van der Waals surface area (Å²) in [6.07, 6.45) is -3.62. The number of ketones is 1. The van der Waals surface area contributed by atoms with Crippen LogP contribution in [-0.2, 0) is 17.4 Å². The number of Topliss-reactive ketones (excluding diaryl/α,β-unsaturated/α-hetero) is 1. The highest BCUT2D eigenvalue weighted by Crippen LogP contribution is 2.43. The molecule has 2 atom stereocenters. The van der Waals surface area contributed by atoms with Gasteiger partial charge in [-0.15, -0.1) is 11.3 Å². The molecule has 5 rings (SSSR count). The fourth-order valence-electron chi connectivity index (χ4n) is 4.76. The summed E-state index contributed by atoms with van der Waals surface area (Å²) in [6, 6.07) is 12.7. The van der Waals surface area contributed by atoms with Gasteiger partial charge in [0.25, 0.3) is 0 Å². The van der Waals surface area contributed by atoms with Crippen LogP contribution in [0, 0.1) is 11.8 Å². The molecule has 5 nitrogen and oxygen atoms in total. The molecule has 1 aliphatic heterocycles. The number of fused-ring (bicyclic) bond motifs is 3. The molecule has 33 heavy (non-hydrogen) atoms. The summed E-state index contributed by atoms with van der Waals surface area (Å²) in [4.78, 5) is 33.2. The molecule has 1 fully saturated rings. The molecule has 0 spiro atoms. The molecule has 0 saturated carbocycles. The average molecular weight is 472 g/mol. The minimum absolute atomic E-state index is 0.0900. The number of hydrogen-bond donors (Lipinski definition) is 1. The standard InChI is InChI=1S/C24H20F3N3O2S/c25-24(26,27)18-8-4-3-7-16(18)21(31)17-12-30(10-9-15(17)22(28)32)23-29-20-14-6-2-1-5-13(14)11-19(20)33-23/h1-8,15,17H,9-12H2,(H2,28,32). The highest BCUT2D eigenvalue weighted by Gasteiger charge is 2.42. The fraction of sp³-hybridized carbons (Fsp3) is 0.292. The first-order valence-corrected chi connectivity index (χ1v) is 11.4. The van der Waals surface area contributed by atoms with Crippen LogP contribution in [0.1, 0.15) is 32.8 Å². The Morgan fingerprint density at radius 1 is 1.06 bits per heavy atom. The van der Waals surface area contributed by atoms with Crippen LogP contribution in [-0.4, -0.2) is 29.8 Å². The zero-order valence-electron chi connectivity index (χ0n) is 17.4. The predicted molar refractivity (Wildman–Crippen MR) is 119 cm³/mol. The molecule has 2 aromatic carbocycles. The molecule has 0 radical (unpaired) electrons. The highest BCUT2D eigenvalue weighted by atomic mass is 32.1. The number of piperidine rings is 1. The summed E-state index contributed by atoms with van der Waals surface area (Å²) in [7, 11) is 0. The van der Waals surface area contributed by atoms with Crippen LogP contribution in [0.3, 0.4) is 0 Å². The molecule has 0 bridgehead atoms. The lowest BCUT2D eigenvalue weighted by Gasteiger charge is -2.36. The first-order chi connectivity index (χ1) is 15.7. The molecule has 9 heteroatoms. The van der Waals surface area contributed by atoms with Crippen molar-refractivity contribution in [1.29, 1.82) is 0 Å². The van der Waals surface area contributed by atoms with Gasteiger partial charge in [0.05, 0.1) is 23.1 Å². The Morgan fingerprint density at radius 2 is 1.79 bits per heavy atom. The first-order valence-electron chi connectivity index (χ1n) is 10.6. The molecule has 2 heterocycles. The van der Waals surface area contributed by atoms with Crippen molar-refractivity contribution in [2.45, 2.75) is 19.0 Å². The third-order valence-corrected chi connectivity index (χ3v) is 7.51. The van der Waals surface area contributed by atoms with Crippen LogP contribution >= 0.6 is 11.3 Å². The van der Waals surface area contributed by atoms with Gasteiger partial charge >= 0.3 is 6.18 Å². The number of nitrogens with zero attached hydrogens (tertiary/aromatic N) is 2. The summed E-state index contributed by atoms with van der Waals surface area (Å²) in [5.74, 6) is -3.20. The van der Waals surface area contributed by atoms with E-state index in [9.17, 15) is 22.8 Å². The topological polar surface area (TPSA) is 76.3 Å². The maximum atomic E-state index is 13.5. The number of halogens is 3. The lowest BCUT2D eigenvalue weighted by molar-refractivity contribution is -0.137. The number of thiazole rings is 1. The second kappa shape index (κ2) is 7.98. The Bertz CT molecular complexity index is 1250. The highest BCUT2D eigenvalue weighted by molar-refractivity contribution is 7.16. The average Bonchev–Trinajstić information content (AvgIpc) is 3.36. The van der Waals surface area contributed by atoms with Gasteiger partial charge in [-0.25, -0.2) is 4.98 Å². The third-order valence-electron chi connectivity index (χ3n) is 6.39. The number of anilines is 1. The van der Waals surface area contributed by atoms with Gasteiger partial charge < -0.3 is 10.6 Å². The number of alkyl halides is 3. The number of nitrogens with two attached hydrogens (primary N) is 1. The van der Waals surface area contributed by atoms with Gasteiger partial charge in [-0.1, -0.05) is 42.5 Å². The zero-order chi connectivity index (χ0) is 23.3. The van der Waals surface area contributed by atoms with Crippen LogP contribution < -0.4 is 10.6 Å². The number of aromatic nitrogens is 1. The Labute approximate surface area is 192 Å². The first kappa shape index (κ1) is 21.6. The molecule has 1 amide bonds. The van der Waals surface area contributed by atoms with Crippen LogP contribution in [0.4, 0.5) is 18.3 Å². The van der Waals surface area contributed by atoms with Crippen LogP contribution in [0.15, 0.2) is 48.5 Å². The van der Waals surface area contributed by atoms with Gasteiger partial charge in [-0.2, -0.15) is 13.2 Å². The maximum absolute atomic E-state index is 13.5. The number of carbonyl (C=O) groups is 2. The van der Waals surface area contributed by atoms with Gasteiger partial charge in [0.1, 0.15) is 0 Å². The van der Waals surface area contributed by atoms with E-state index < -0.39 is 40.8 Å². The van der Waals surface area contributed by atoms with E-state index in [1.165, 1.54) is 29.0 Å². The fourth-order valence-corrected chi connectivity index (χ4v) is 5.89. The second-order valence-electron chi connectivity index (χ2n) is 8.36. The number of amides is 1. The normalized spacial score (nSPS) is 19.8. The number of carbonyl (C=O) groups excluding carboxylic acids is 2. The van der Waals surface area contributed by atoms with Crippen LogP contribution in [0.25, 0.3) is 11.3 Å². The van der Waals surface area contributed by atoms with Crippen LogP contribution in [0.5, 0.6) is 0 Å². The van der Waals surface area contributed by atoms with E-state index in [-0.39, 0.29) is 13.0 Å². The molecular formula is C24H20F3N3O2S. The van der Waals surface area contributed by atoms with E-state index in [1.807, 2.05) is 23.1 Å². The molecule has 1 aliphatic carbocycles. The summed E-state index contributed by atoms with van der Waals surface area (Å²) in [6.45, 7) is 0.541. The zero-order valence-corrected chi connectivity index (χ0v) is 18.2. The Balaban J connectivity index is 1.46. The molecule has 170 valence electrons. The molecule has 1 saturated heterocycles. The van der Waals surface area contributed by atoms with Crippen molar-refractivity contribution < 1.29 is 22.8 Å². The second-order valence-corrected chi connectivity index (χ2v) is 9.42. The van der Waals surface area contributed by atoms with E-state index >= 15 is 0 Å². The lowest BCUT2D eigenvalue weighted by atomic mass is 9.79. The summed E-state index contributed by atoms with van der Waals surface area (Å²) in [5.41, 5.74) is 7.31. The largest absolute Gasteiger partial charge is 0.417 e. The van der Waals surface area contributed by atoms with Crippen LogP contribution in [0.2, 0.25) is 0 Å². The maximum Gasteiger partial charge on any atom is 0.417 e. The molecule has 1 aromatic heterocycles. The Kier molecular flexibility index (Phi) is 5.23. The van der Waals surface area contributed by atoms with Crippen molar-refractivity contribution in [3.05, 3.63) is 70.1 Å². The predicted octanol–water partition coefficient (Wildman–Crippen LogP) is 4.54. The quantitative estimate of drug-likeness (QED) is 0.444. The monoisotopic (exact) mass is 471 g/mol. The van der Waals surface area contributed by atoms with Gasteiger partial charge in [-0.3, -0.25) is 9.59 Å². The van der Waals surface area contributed by atoms with E-state index in [2.05, 4.69) is 6.07 Å². The molecule has 3 aromatic rings. The number of rotatable bonds is 4. The number of primary amides is 1. The van der Waals surface area contributed by atoms with E-state index in [0.717, 1.165) is 34.7 Å². The third kappa shape index (κ3) is 3.80. The summed E-state index contributed by atoms with van der Waals surface area (Å²) >= 11 is 1.52. The summed E-state index contributed by atoms with van der Waals surface area (Å²) < 4.78 is 40.6. The molecule has 2 unspecified atom stereocenters. The Hall–Kier alpha value is -3.20. The Morgan fingerprint density at radius 3 is 2.55 bits per heavy atom. The minimum Gasteiger partial charge on any atom is -0.369 e. The number of benzene rings is 2. The van der Waals surface area contributed by atoms with Gasteiger partial charge in [0, 0.05) is 35.5 Å². The lowest BCUT2D eigenvalue weighted by Crippen LogP contribution is -2.48. The van der Waals surface area contributed by atoms with Crippen molar-refractivity contribution in [2.24, 2.45) is 17.6 Å². The van der Waals surface area contributed by atoms with E-state index in [4.69, 9.17) is 10.7 Å². The molecule has 2 aliphatic rings. The van der Waals surface area contributed by atoms with Gasteiger partial charge in [-0.05, 0) is 18.1 Å². The van der Waals surface area contributed by atoms with Gasteiger partial charge in [0.15, 0.2) is 10.9 Å². The minimum atomic E-state index is -4.67. The van der Waals surface area contributed by atoms with Crippen molar-refractivity contribution >= 4 is 28.2 Å². The van der Waals surface area contributed by atoms with Crippen molar-refractivity contribution in [2.75, 3.05) is 18.0 Å². The van der Waals surface area contributed by atoms with Crippen molar-refractivity contribution in [3.63, 3.8) is 0 Å². The van der Waals surface area contributed by atoms with Gasteiger partial charge in [0.2, 0.25) is 5.91 Å². The molecular weight excluding hydrogens is 451 g/mol.